The van der Waals surface area contributed by atoms with E-state index in [1.807, 2.05) is 0 Å². The third-order valence-electron chi connectivity index (χ3n) is 2.54. The smallest absolute Gasteiger partial charge is 0.153 e. The molecule has 4 heteroatoms. The number of aliphatic hydroxyl groups excluding tert-OH is 1. The van der Waals surface area contributed by atoms with E-state index in [9.17, 15) is 0 Å². The minimum Gasteiger partial charge on any atom is -0.393 e. The maximum absolute atomic E-state index is 9.12. The van der Waals surface area contributed by atoms with Crippen molar-refractivity contribution in [1.29, 1.82) is 5.26 Å². The van der Waals surface area contributed by atoms with Gasteiger partial charge in [-0.25, -0.2) is 0 Å². The first-order valence-electron chi connectivity index (χ1n) is 5.14. The van der Waals surface area contributed by atoms with Crippen molar-refractivity contribution in [2.45, 2.75) is 37.8 Å². The van der Waals surface area contributed by atoms with Crippen molar-refractivity contribution in [3.63, 3.8) is 0 Å². The fraction of sp³-hybridized carbons (Fsp3) is 0.900. The van der Waals surface area contributed by atoms with Crippen LogP contribution in [0, 0.1) is 11.3 Å². The number of nitriles is 1. The summed E-state index contributed by atoms with van der Waals surface area (Å²) in [4.78, 5) is 0. The quantitative estimate of drug-likeness (QED) is 0.687. The average molecular weight is 198 g/mol. The third-order valence-corrected chi connectivity index (χ3v) is 2.54. The zero-order valence-corrected chi connectivity index (χ0v) is 8.62. The molecule has 1 heterocycles. The van der Waals surface area contributed by atoms with Crippen LogP contribution in [-0.2, 0) is 4.74 Å². The Labute approximate surface area is 84.9 Å². The summed E-state index contributed by atoms with van der Waals surface area (Å²) in [6.07, 6.45) is 3.25. The molecule has 2 N–H and O–H groups in total. The summed E-state index contributed by atoms with van der Waals surface area (Å²) in [6.45, 7) is 2.87. The fourth-order valence-corrected chi connectivity index (χ4v) is 1.65. The first kappa shape index (κ1) is 11.4. The van der Waals surface area contributed by atoms with Gasteiger partial charge in [-0.05, 0) is 6.42 Å². The normalized spacial score (nSPS) is 32.5. The van der Waals surface area contributed by atoms with E-state index in [0.717, 1.165) is 19.3 Å². The molecule has 2 unspecified atom stereocenters. The Balaban J connectivity index is 2.46. The minimum atomic E-state index is -0.878. The van der Waals surface area contributed by atoms with Crippen LogP contribution in [-0.4, -0.2) is 36.5 Å². The summed E-state index contributed by atoms with van der Waals surface area (Å²) in [5, 5.41) is 21.2. The molecule has 1 saturated heterocycles. The van der Waals surface area contributed by atoms with Crippen molar-refractivity contribution in [3.8, 4) is 6.07 Å². The standard InChI is InChI=1S/C10H18N2O2/c1-2-3-4-9-5-14-8-10(6-11,7-13)12-9/h9,12-13H,2-5,7-8H2,1H3. The van der Waals surface area contributed by atoms with E-state index in [-0.39, 0.29) is 19.3 Å². The highest BCUT2D eigenvalue weighted by Gasteiger charge is 2.35. The molecule has 1 aliphatic heterocycles. The van der Waals surface area contributed by atoms with E-state index in [1.165, 1.54) is 0 Å². The molecule has 80 valence electrons. The molecule has 1 aliphatic rings. The van der Waals surface area contributed by atoms with Gasteiger partial charge in [0.1, 0.15) is 0 Å². The molecule has 2 atom stereocenters. The summed E-state index contributed by atoms with van der Waals surface area (Å²) in [5.74, 6) is 0. The Bertz CT molecular complexity index is 215. The largest absolute Gasteiger partial charge is 0.393 e. The van der Waals surface area contributed by atoms with Crippen molar-refractivity contribution < 1.29 is 9.84 Å². The zero-order chi connectivity index (χ0) is 10.4. The molecule has 0 amide bonds. The van der Waals surface area contributed by atoms with E-state index in [4.69, 9.17) is 15.1 Å². The van der Waals surface area contributed by atoms with E-state index in [0.29, 0.717) is 6.61 Å². The molecule has 0 aromatic rings. The monoisotopic (exact) mass is 198 g/mol. The topological polar surface area (TPSA) is 65.3 Å². The SMILES string of the molecule is CCCCC1COCC(C#N)(CO)N1. The van der Waals surface area contributed by atoms with Gasteiger partial charge >= 0.3 is 0 Å². The summed E-state index contributed by atoms with van der Waals surface area (Å²) in [6, 6.07) is 2.29. The number of hydrogen-bond acceptors (Lipinski definition) is 4. The lowest BCUT2D eigenvalue weighted by molar-refractivity contribution is -0.00349. The summed E-state index contributed by atoms with van der Waals surface area (Å²) in [7, 11) is 0. The van der Waals surface area contributed by atoms with Crippen LogP contribution >= 0.6 is 0 Å². The van der Waals surface area contributed by atoms with Crippen LogP contribution in [0.15, 0.2) is 0 Å². The first-order chi connectivity index (χ1) is 6.76. The molecule has 0 aromatic heterocycles. The predicted molar refractivity (Wildman–Crippen MR) is 52.7 cm³/mol. The van der Waals surface area contributed by atoms with E-state index < -0.39 is 5.54 Å². The zero-order valence-electron chi connectivity index (χ0n) is 8.62. The number of hydrogen-bond donors (Lipinski definition) is 2. The summed E-state index contributed by atoms with van der Waals surface area (Å²) >= 11 is 0. The van der Waals surface area contributed by atoms with Crippen LogP contribution in [0.1, 0.15) is 26.2 Å². The van der Waals surface area contributed by atoms with Crippen molar-refractivity contribution in [2.75, 3.05) is 19.8 Å². The molecule has 0 bridgehead atoms. The van der Waals surface area contributed by atoms with Crippen LogP contribution in [0.3, 0.4) is 0 Å². The predicted octanol–water partition coefficient (Wildman–Crippen LogP) is 0.420. The maximum atomic E-state index is 9.12. The lowest BCUT2D eigenvalue weighted by Crippen LogP contribution is -2.60. The van der Waals surface area contributed by atoms with Crippen LogP contribution in [0.2, 0.25) is 0 Å². The molecule has 0 aliphatic carbocycles. The number of nitrogens with zero attached hydrogens (tertiary/aromatic N) is 1. The lowest BCUT2D eigenvalue weighted by atomic mass is 9.98. The van der Waals surface area contributed by atoms with Crippen LogP contribution in [0.5, 0.6) is 0 Å². The molecule has 14 heavy (non-hydrogen) atoms. The van der Waals surface area contributed by atoms with Crippen LogP contribution in [0.25, 0.3) is 0 Å². The summed E-state index contributed by atoms with van der Waals surface area (Å²) < 4.78 is 5.33. The highest BCUT2D eigenvalue weighted by molar-refractivity contribution is 5.10. The molecule has 0 aromatic carbocycles. The van der Waals surface area contributed by atoms with Crippen molar-refractivity contribution in [1.82, 2.24) is 5.32 Å². The number of aliphatic hydroxyl groups is 1. The van der Waals surface area contributed by atoms with Crippen molar-refractivity contribution in [3.05, 3.63) is 0 Å². The molecular formula is C10H18N2O2. The van der Waals surface area contributed by atoms with E-state index >= 15 is 0 Å². The van der Waals surface area contributed by atoms with Crippen LogP contribution < -0.4 is 5.32 Å². The van der Waals surface area contributed by atoms with Gasteiger partial charge in [-0.1, -0.05) is 19.8 Å². The Morgan fingerprint density at radius 1 is 1.71 bits per heavy atom. The van der Waals surface area contributed by atoms with Gasteiger partial charge in [-0.2, -0.15) is 5.26 Å². The van der Waals surface area contributed by atoms with E-state index in [1.54, 1.807) is 0 Å². The fourth-order valence-electron chi connectivity index (χ4n) is 1.65. The second-order valence-corrected chi connectivity index (χ2v) is 3.85. The second kappa shape index (κ2) is 5.30. The highest BCUT2D eigenvalue weighted by Crippen LogP contribution is 2.14. The van der Waals surface area contributed by atoms with Gasteiger partial charge in [0.05, 0.1) is 25.9 Å². The van der Waals surface area contributed by atoms with Gasteiger partial charge in [-0.3, -0.25) is 5.32 Å². The number of ether oxygens (including phenoxy) is 1. The van der Waals surface area contributed by atoms with Crippen molar-refractivity contribution >= 4 is 0 Å². The van der Waals surface area contributed by atoms with Gasteiger partial charge < -0.3 is 9.84 Å². The Morgan fingerprint density at radius 2 is 2.50 bits per heavy atom. The number of unbranched alkanes of at least 4 members (excludes halogenated alkanes) is 1. The molecule has 0 saturated carbocycles. The Kier molecular flexibility index (Phi) is 4.33. The maximum Gasteiger partial charge on any atom is 0.153 e. The lowest BCUT2D eigenvalue weighted by Gasteiger charge is -2.36. The van der Waals surface area contributed by atoms with Gasteiger partial charge in [0, 0.05) is 6.04 Å². The molecule has 0 spiro atoms. The Morgan fingerprint density at radius 3 is 3.07 bits per heavy atom. The molecule has 1 fully saturated rings. The van der Waals surface area contributed by atoms with Gasteiger partial charge in [0.2, 0.25) is 0 Å². The highest BCUT2D eigenvalue weighted by atomic mass is 16.5. The molecular weight excluding hydrogens is 180 g/mol. The molecule has 0 radical (unpaired) electrons. The van der Waals surface area contributed by atoms with Crippen molar-refractivity contribution in [2.24, 2.45) is 0 Å². The number of morpholine rings is 1. The van der Waals surface area contributed by atoms with Gasteiger partial charge in [0.25, 0.3) is 0 Å². The summed E-state index contributed by atoms with van der Waals surface area (Å²) in [5.41, 5.74) is -0.878. The number of rotatable bonds is 4. The minimum absolute atomic E-state index is 0.188. The Hall–Kier alpha value is -0.630. The average Bonchev–Trinajstić information content (AvgIpc) is 2.26. The third kappa shape index (κ3) is 2.68. The van der Waals surface area contributed by atoms with E-state index in [2.05, 4.69) is 18.3 Å². The van der Waals surface area contributed by atoms with Gasteiger partial charge in [-0.15, -0.1) is 0 Å². The number of nitrogens with one attached hydrogen (secondary N) is 1. The molecule has 4 nitrogen and oxygen atoms in total. The second-order valence-electron chi connectivity index (χ2n) is 3.85. The molecule has 1 rings (SSSR count). The van der Waals surface area contributed by atoms with Gasteiger partial charge in [0.15, 0.2) is 5.54 Å². The first-order valence-corrected chi connectivity index (χ1v) is 5.14. The van der Waals surface area contributed by atoms with Crippen LogP contribution in [0.4, 0.5) is 0 Å².